The molecule has 0 heterocycles. The van der Waals surface area contributed by atoms with Crippen LogP contribution < -0.4 is 9.47 Å². The molecule has 20 heavy (non-hydrogen) atoms. The Morgan fingerprint density at radius 3 is 2.65 bits per heavy atom. The van der Waals surface area contributed by atoms with E-state index in [0.29, 0.717) is 17.1 Å². The number of aromatic hydroxyl groups is 1. The summed E-state index contributed by atoms with van der Waals surface area (Å²) in [6, 6.07) is 10.9. The second-order valence-electron chi connectivity index (χ2n) is 4.05. The third-order valence-corrected chi connectivity index (χ3v) is 2.66. The van der Waals surface area contributed by atoms with Crippen molar-refractivity contribution in [1.82, 2.24) is 0 Å². The summed E-state index contributed by atoms with van der Waals surface area (Å²) in [5, 5.41) is 20.4. The van der Waals surface area contributed by atoms with Crippen LogP contribution >= 0.6 is 0 Å². The Morgan fingerprint density at radius 1 is 1.25 bits per heavy atom. The van der Waals surface area contributed by atoms with E-state index in [-0.39, 0.29) is 18.0 Å². The van der Waals surface area contributed by atoms with Crippen molar-refractivity contribution in [2.45, 2.75) is 6.61 Å². The molecule has 6 nitrogen and oxygen atoms in total. The highest BCUT2D eigenvalue weighted by atomic mass is 16.6. The van der Waals surface area contributed by atoms with E-state index in [1.807, 2.05) is 0 Å². The van der Waals surface area contributed by atoms with E-state index in [9.17, 15) is 15.2 Å². The minimum Gasteiger partial charge on any atom is -0.504 e. The van der Waals surface area contributed by atoms with Gasteiger partial charge in [-0.1, -0.05) is 12.1 Å². The smallest absolute Gasteiger partial charge is 0.273 e. The summed E-state index contributed by atoms with van der Waals surface area (Å²) in [5.74, 6) is 0.720. The number of non-ortho nitro benzene ring substituents is 1. The van der Waals surface area contributed by atoms with Gasteiger partial charge in [-0.3, -0.25) is 10.1 Å². The zero-order valence-corrected chi connectivity index (χ0v) is 10.8. The number of benzene rings is 2. The van der Waals surface area contributed by atoms with Crippen molar-refractivity contribution in [2.75, 3.05) is 7.11 Å². The van der Waals surface area contributed by atoms with Gasteiger partial charge in [-0.25, -0.2) is 0 Å². The molecule has 0 aliphatic heterocycles. The zero-order valence-electron chi connectivity index (χ0n) is 10.8. The van der Waals surface area contributed by atoms with Gasteiger partial charge in [0.1, 0.15) is 12.4 Å². The van der Waals surface area contributed by atoms with Crippen LogP contribution in [0.2, 0.25) is 0 Å². The maximum Gasteiger partial charge on any atom is 0.273 e. The van der Waals surface area contributed by atoms with Crippen LogP contribution in [0.25, 0.3) is 0 Å². The fourth-order valence-electron chi connectivity index (χ4n) is 1.69. The standard InChI is InChI=1S/C14H13NO5/c1-19-12-7-10(6-11(8-12)15(17)18)9-20-14-5-3-2-4-13(14)16/h2-8,16H,9H2,1H3. The van der Waals surface area contributed by atoms with Gasteiger partial charge >= 0.3 is 0 Å². The predicted octanol–water partition coefficient (Wildman–Crippen LogP) is 2.89. The number of nitro benzene ring substituents is 1. The molecule has 0 radical (unpaired) electrons. The van der Waals surface area contributed by atoms with Gasteiger partial charge in [0, 0.05) is 6.07 Å². The highest BCUT2D eigenvalue weighted by Crippen LogP contribution is 2.27. The Balaban J connectivity index is 2.19. The summed E-state index contributed by atoms with van der Waals surface area (Å²) in [4.78, 5) is 10.3. The van der Waals surface area contributed by atoms with E-state index < -0.39 is 4.92 Å². The van der Waals surface area contributed by atoms with E-state index in [2.05, 4.69) is 0 Å². The minimum absolute atomic E-state index is 0.0184. The van der Waals surface area contributed by atoms with Crippen LogP contribution in [0.4, 0.5) is 5.69 Å². The quantitative estimate of drug-likeness (QED) is 0.670. The van der Waals surface area contributed by atoms with Gasteiger partial charge in [0.25, 0.3) is 5.69 Å². The summed E-state index contributed by atoms with van der Waals surface area (Å²) in [6.45, 7) is 0.0929. The zero-order chi connectivity index (χ0) is 14.5. The number of hydrogen-bond donors (Lipinski definition) is 1. The molecule has 0 atom stereocenters. The second kappa shape index (κ2) is 5.92. The average molecular weight is 275 g/mol. The van der Waals surface area contributed by atoms with Gasteiger partial charge in [0.15, 0.2) is 11.5 Å². The SMILES string of the molecule is COc1cc(COc2ccccc2O)cc([N+](=O)[O-])c1. The van der Waals surface area contributed by atoms with Crippen LogP contribution in [-0.2, 0) is 6.61 Å². The van der Waals surface area contributed by atoms with Crippen LogP contribution in [0.15, 0.2) is 42.5 Å². The van der Waals surface area contributed by atoms with Crippen molar-refractivity contribution in [3.8, 4) is 17.2 Å². The largest absolute Gasteiger partial charge is 0.504 e. The van der Waals surface area contributed by atoms with Gasteiger partial charge in [-0.2, -0.15) is 0 Å². The Morgan fingerprint density at radius 2 is 2.00 bits per heavy atom. The van der Waals surface area contributed by atoms with Crippen LogP contribution in [-0.4, -0.2) is 17.1 Å². The first-order valence-electron chi connectivity index (χ1n) is 5.83. The first-order valence-corrected chi connectivity index (χ1v) is 5.83. The lowest BCUT2D eigenvalue weighted by Crippen LogP contribution is -1.98. The van der Waals surface area contributed by atoms with Gasteiger partial charge in [-0.15, -0.1) is 0 Å². The molecule has 6 heteroatoms. The van der Waals surface area contributed by atoms with E-state index in [1.54, 1.807) is 24.3 Å². The lowest BCUT2D eigenvalue weighted by atomic mass is 10.2. The summed E-state index contributed by atoms with van der Waals surface area (Å²) in [5.41, 5.74) is 0.513. The maximum absolute atomic E-state index is 10.8. The van der Waals surface area contributed by atoms with Crippen molar-refractivity contribution >= 4 is 5.69 Å². The van der Waals surface area contributed by atoms with Crippen LogP contribution in [0, 0.1) is 10.1 Å². The number of nitrogens with zero attached hydrogens (tertiary/aromatic N) is 1. The molecule has 0 saturated heterocycles. The van der Waals surface area contributed by atoms with Crippen molar-refractivity contribution < 1.29 is 19.5 Å². The highest BCUT2D eigenvalue weighted by Gasteiger charge is 2.11. The first-order chi connectivity index (χ1) is 9.60. The lowest BCUT2D eigenvalue weighted by molar-refractivity contribution is -0.385. The number of rotatable bonds is 5. The molecular weight excluding hydrogens is 262 g/mol. The molecule has 0 bridgehead atoms. The number of nitro groups is 1. The number of ether oxygens (including phenoxy) is 2. The number of phenols is 1. The van der Waals surface area contributed by atoms with Gasteiger partial charge in [-0.05, 0) is 23.8 Å². The number of para-hydroxylation sites is 2. The molecule has 0 aliphatic rings. The number of methoxy groups -OCH3 is 1. The molecule has 1 N–H and O–H groups in total. The van der Waals surface area contributed by atoms with Crippen molar-refractivity contribution in [3.05, 3.63) is 58.1 Å². The number of hydrogen-bond acceptors (Lipinski definition) is 5. The normalized spacial score (nSPS) is 10.1. The molecule has 2 aromatic carbocycles. The summed E-state index contributed by atoms with van der Waals surface area (Å²) < 4.78 is 10.4. The van der Waals surface area contributed by atoms with Gasteiger partial charge < -0.3 is 14.6 Å². The van der Waals surface area contributed by atoms with Crippen LogP contribution in [0.1, 0.15) is 5.56 Å². The molecule has 104 valence electrons. The van der Waals surface area contributed by atoms with Crippen molar-refractivity contribution in [3.63, 3.8) is 0 Å². The topological polar surface area (TPSA) is 81.8 Å². The van der Waals surface area contributed by atoms with Gasteiger partial charge in [0.05, 0.1) is 18.1 Å². The molecule has 0 aliphatic carbocycles. The van der Waals surface area contributed by atoms with Gasteiger partial charge in [0.2, 0.25) is 0 Å². The van der Waals surface area contributed by atoms with Crippen LogP contribution in [0.3, 0.4) is 0 Å². The monoisotopic (exact) mass is 275 g/mol. The molecule has 2 rings (SSSR count). The molecule has 0 fully saturated rings. The summed E-state index contributed by atoms with van der Waals surface area (Å²) in [6.07, 6.45) is 0. The molecule has 0 aromatic heterocycles. The second-order valence-corrected chi connectivity index (χ2v) is 4.05. The first kappa shape index (κ1) is 13.7. The van der Waals surface area contributed by atoms with E-state index in [4.69, 9.17) is 9.47 Å². The summed E-state index contributed by atoms with van der Waals surface area (Å²) in [7, 11) is 1.44. The molecule has 2 aromatic rings. The Labute approximate surface area is 115 Å². The third-order valence-electron chi connectivity index (χ3n) is 2.66. The van der Waals surface area contributed by atoms with E-state index in [1.165, 1.54) is 25.3 Å². The highest BCUT2D eigenvalue weighted by molar-refractivity contribution is 5.43. The molecular formula is C14H13NO5. The maximum atomic E-state index is 10.8. The minimum atomic E-state index is -0.494. The molecule has 0 amide bonds. The molecule has 0 saturated carbocycles. The van der Waals surface area contributed by atoms with Crippen molar-refractivity contribution in [2.24, 2.45) is 0 Å². The Kier molecular flexibility index (Phi) is 4.05. The van der Waals surface area contributed by atoms with Crippen LogP contribution in [0.5, 0.6) is 17.2 Å². The Hall–Kier alpha value is -2.76. The fraction of sp³-hybridized carbons (Fsp3) is 0.143. The fourth-order valence-corrected chi connectivity index (χ4v) is 1.69. The predicted molar refractivity (Wildman–Crippen MR) is 72.1 cm³/mol. The number of phenolic OH excluding ortho intramolecular Hbond substituents is 1. The van der Waals surface area contributed by atoms with E-state index in [0.717, 1.165) is 0 Å². The van der Waals surface area contributed by atoms with Crippen molar-refractivity contribution in [1.29, 1.82) is 0 Å². The summed E-state index contributed by atoms with van der Waals surface area (Å²) >= 11 is 0. The van der Waals surface area contributed by atoms with E-state index >= 15 is 0 Å². The Bertz CT molecular complexity index is 627. The molecule has 0 spiro atoms. The lowest BCUT2D eigenvalue weighted by Gasteiger charge is -2.09. The molecule has 0 unspecified atom stereocenters. The third kappa shape index (κ3) is 3.17. The average Bonchev–Trinajstić information content (AvgIpc) is 2.46.